The van der Waals surface area contributed by atoms with Gasteiger partial charge in [-0.15, -0.1) is 0 Å². The number of piperazine rings is 1. The van der Waals surface area contributed by atoms with Crippen molar-refractivity contribution in [3.63, 3.8) is 0 Å². The van der Waals surface area contributed by atoms with Crippen molar-refractivity contribution in [2.45, 2.75) is 6.04 Å². The molecule has 1 N–H and O–H groups in total. The molecule has 132 valence electrons. The molecule has 1 fully saturated rings. The molecule has 1 aliphatic heterocycles. The van der Waals surface area contributed by atoms with Gasteiger partial charge in [0.05, 0.1) is 25.8 Å². The van der Waals surface area contributed by atoms with Crippen LogP contribution >= 0.6 is 11.6 Å². The Hall–Kier alpha value is -2.24. The molecule has 0 aromatic heterocycles. The average Bonchev–Trinajstić information content (AvgIpc) is 2.67. The summed E-state index contributed by atoms with van der Waals surface area (Å²) in [4.78, 5) is 15.1. The van der Waals surface area contributed by atoms with Crippen LogP contribution < -0.4 is 14.8 Å². The molecular weight excluding hydrogens is 340 g/mol. The van der Waals surface area contributed by atoms with Gasteiger partial charge in [0.1, 0.15) is 0 Å². The van der Waals surface area contributed by atoms with Crippen LogP contribution in [0.25, 0.3) is 0 Å². The van der Waals surface area contributed by atoms with Gasteiger partial charge in [-0.2, -0.15) is 0 Å². The second-order valence-electron chi connectivity index (χ2n) is 5.78. The SMILES string of the molecule is COc1cccc(C(=O)N2CCNCC2c2ccccc2Cl)c1OC. The number of halogens is 1. The fourth-order valence-corrected chi connectivity index (χ4v) is 3.44. The van der Waals surface area contributed by atoms with Crippen molar-refractivity contribution < 1.29 is 14.3 Å². The normalized spacial score (nSPS) is 17.2. The third-order valence-electron chi connectivity index (χ3n) is 4.40. The molecule has 0 aliphatic carbocycles. The van der Waals surface area contributed by atoms with E-state index in [0.29, 0.717) is 35.2 Å². The maximum Gasteiger partial charge on any atom is 0.258 e. The number of nitrogens with one attached hydrogen (secondary N) is 1. The minimum atomic E-state index is -0.133. The van der Waals surface area contributed by atoms with Gasteiger partial charge in [0.2, 0.25) is 0 Å². The highest BCUT2D eigenvalue weighted by atomic mass is 35.5. The summed E-state index contributed by atoms with van der Waals surface area (Å²) in [5, 5.41) is 4.00. The minimum Gasteiger partial charge on any atom is -0.493 e. The summed E-state index contributed by atoms with van der Waals surface area (Å²) in [6.07, 6.45) is 0. The van der Waals surface area contributed by atoms with E-state index in [1.54, 1.807) is 25.3 Å². The standard InChI is InChI=1S/C19H21ClN2O3/c1-24-17-9-5-7-14(18(17)25-2)19(23)22-11-10-21-12-16(22)13-6-3-4-8-15(13)20/h3-9,16,21H,10-12H2,1-2H3. The van der Waals surface area contributed by atoms with E-state index in [1.807, 2.05) is 29.2 Å². The zero-order valence-corrected chi connectivity index (χ0v) is 15.0. The Morgan fingerprint density at radius 1 is 1.16 bits per heavy atom. The first-order valence-corrected chi connectivity index (χ1v) is 8.52. The van der Waals surface area contributed by atoms with Gasteiger partial charge < -0.3 is 19.7 Å². The molecule has 6 heteroatoms. The minimum absolute atomic E-state index is 0.0952. The topological polar surface area (TPSA) is 50.8 Å². The van der Waals surface area contributed by atoms with E-state index < -0.39 is 0 Å². The van der Waals surface area contributed by atoms with Gasteiger partial charge in [-0.1, -0.05) is 35.9 Å². The fraction of sp³-hybridized carbons (Fsp3) is 0.316. The molecule has 1 atom stereocenters. The Morgan fingerprint density at radius 2 is 1.96 bits per heavy atom. The van der Waals surface area contributed by atoms with E-state index in [9.17, 15) is 4.79 Å². The Morgan fingerprint density at radius 3 is 2.68 bits per heavy atom. The molecule has 0 spiro atoms. The lowest BCUT2D eigenvalue weighted by Gasteiger charge is -2.37. The van der Waals surface area contributed by atoms with Gasteiger partial charge >= 0.3 is 0 Å². The number of carbonyl (C=O) groups is 1. The molecule has 2 aromatic rings. The second-order valence-corrected chi connectivity index (χ2v) is 6.19. The van der Waals surface area contributed by atoms with Gasteiger partial charge in [-0.25, -0.2) is 0 Å². The highest BCUT2D eigenvalue weighted by molar-refractivity contribution is 6.31. The third kappa shape index (κ3) is 3.43. The number of benzene rings is 2. The lowest BCUT2D eigenvalue weighted by Crippen LogP contribution is -2.48. The Labute approximate surface area is 152 Å². The fourth-order valence-electron chi connectivity index (χ4n) is 3.18. The van der Waals surface area contributed by atoms with E-state index in [0.717, 1.165) is 12.1 Å². The van der Waals surface area contributed by atoms with Crippen molar-refractivity contribution in [3.05, 3.63) is 58.6 Å². The Kier molecular flexibility index (Phi) is 5.46. The summed E-state index contributed by atoms with van der Waals surface area (Å²) in [5.41, 5.74) is 1.42. The van der Waals surface area contributed by atoms with Crippen LogP contribution in [0.3, 0.4) is 0 Å². The summed E-state index contributed by atoms with van der Waals surface area (Å²) in [6, 6.07) is 12.8. The number of hydrogen-bond acceptors (Lipinski definition) is 4. The van der Waals surface area contributed by atoms with Crippen LogP contribution in [0, 0.1) is 0 Å². The lowest BCUT2D eigenvalue weighted by atomic mass is 10.0. The molecule has 0 bridgehead atoms. The molecule has 1 saturated heterocycles. The first-order valence-electron chi connectivity index (χ1n) is 8.14. The molecule has 0 saturated carbocycles. The third-order valence-corrected chi connectivity index (χ3v) is 4.75. The van der Waals surface area contributed by atoms with Crippen molar-refractivity contribution in [1.82, 2.24) is 10.2 Å². The molecular formula is C19H21ClN2O3. The van der Waals surface area contributed by atoms with Crippen molar-refractivity contribution in [2.75, 3.05) is 33.9 Å². The van der Waals surface area contributed by atoms with Crippen LogP contribution in [-0.2, 0) is 0 Å². The van der Waals surface area contributed by atoms with E-state index in [4.69, 9.17) is 21.1 Å². The summed E-state index contributed by atoms with van der Waals surface area (Å²) in [5.74, 6) is 0.895. The van der Waals surface area contributed by atoms with Crippen LogP contribution in [0.1, 0.15) is 22.0 Å². The lowest BCUT2D eigenvalue weighted by molar-refractivity contribution is 0.0630. The van der Waals surface area contributed by atoms with Gasteiger partial charge in [-0.3, -0.25) is 4.79 Å². The van der Waals surface area contributed by atoms with Crippen LogP contribution in [0.5, 0.6) is 11.5 Å². The number of methoxy groups -OCH3 is 2. The van der Waals surface area contributed by atoms with Crippen molar-refractivity contribution >= 4 is 17.5 Å². The van der Waals surface area contributed by atoms with Gasteiger partial charge in [-0.05, 0) is 23.8 Å². The summed E-state index contributed by atoms with van der Waals surface area (Å²) in [6.45, 7) is 1.98. The molecule has 1 amide bonds. The quantitative estimate of drug-likeness (QED) is 0.910. The number of ether oxygens (including phenoxy) is 2. The smallest absolute Gasteiger partial charge is 0.258 e. The van der Waals surface area contributed by atoms with Crippen LogP contribution in [0.15, 0.2) is 42.5 Å². The zero-order chi connectivity index (χ0) is 17.8. The summed E-state index contributed by atoms with van der Waals surface area (Å²) >= 11 is 6.37. The van der Waals surface area contributed by atoms with Crippen molar-refractivity contribution in [1.29, 1.82) is 0 Å². The summed E-state index contributed by atoms with van der Waals surface area (Å²) < 4.78 is 10.7. The highest BCUT2D eigenvalue weighted by Crippen LogP contribution is 2.35. The first kappa shape index (κ1) is 17.6. The van der Waals surface area contributed by atoms with Crippen molar-refractivity contribution in [3.8, 4) is 11.5 Å². The number of carbonyl (C=O) groups excluding carboxylic acids is 1. The number of para-hydroxylation sites is 1. The van der Waals surface area contributed by atoms with Gasteiger partial charge in [0.15, 0.2) is 11.5 Å². The van der Waals surface area contributed by atoms with E-state index in [-0.39, 0.29) is 11.9 Å². The number of hydrogen-bond donors (Lipinski definition) is 1. The van der Waals surface area contributed by atoms with Gasteiger partial charge in [0, 0.05) is 24.7 Å². The van der Waals surface area contributed by atoms with Gasteiger partial charge in [0.25, 0.3) is 5.91 Å². The molecule has 25 heavy (non-hydrogen) atoms. The number of amides is 1. The molecule has 1 heterocycles. The van der Waals surface area contributed by atoms with Crippen LogP contribution in [0.2, 0.25) is 5.02 Å². The number of nitrogens with zero attached hydrogens (tertiary/aromatic N) is 1. The average molecular weight is 361 g/mol. The Bertz CT molecular complexity index is 766. The largest absolute Gasteiger partial charge is 0.493 e. The van der Waals surface area contributed by atoms with Crippen LogP contribution in [0.4, 0.5) is 0 Å². The number of rotatable bonds is 4. The molecule has 2 aromatic carbocycles. The summed E-state index contributed by atoms with van der Waals surface area (Å²) in [7, 11) is 3.10. The van der Waals surface area contributed by atoms with E-state index in [1.165, 1.54) is 7.11 Å². The molecule has 1 aliphatic rings. The first-order chi connectivity index (χ1) is 12.2. The highest BCUT2D eigenvalue weighted by Gasteiger charge is 2.31. The van der Waals surface area contributed by atoms with Crippen LogP contribution in [-0.4, -0.2) is 44.7 Å². The zero-order valence-electron chi connectivity index (χ0n) is 14.3. The molecule has 5 nitrogen and oxygen atoms in total. The monoisotopic (exact) mass is 360 g/mol. The van der Waals surface area contributed by atoms with E-state index >= 15 is 0 Å². The molecule has 0 radical (unpaired) electrons. The molecule has 1 unspecified atom stereocenters. The predicted molar refractivity (Wildman–Crippen MR) is 97.6 cm³/mol. The molecule has 3 rings (SSSR count). The van der Waals surface area contributed by atoms with Crippen molar-refractivity contribution in [2.24, 2.45) is 0 Å². The maximum atomic E-state index is 13.3. The Balaban J connectivity index is 1.99. The van der Waals surface area contributed by atoms with E-state index in [2.05, 4.69) is 5.32 Å². The second kappa shape index (κ2) is 7.76. The maximum absolute atomic E-state index is 13.3. The predicted octanol–water partition coefficient (Wildman–Crippen LogP) is 3.14.